The van der Waals surface area contributed by atoms with Gasteiger partial charge >= 0.3 is 38.9 Å². The number of carbonyl (C=O) groups excluding carboxylic acids is 8. The van der Waals surface area contributed by atoms with Gasteiger partial charge in [-0.1, -0.05) is 73.8 Å². The molecule has 4 aliphatic heterocycles. The van der Waals surface area contributed by atoms with Crippen molar-refractivity contribution in [2.75, 3.05) is 60.5 Å². The van der Waals surface area contributed by atoms with Crippen LogP contribution in [0.4, 0.5) is 79.8 Å². The number of alkyl halides is 8. The number of nitrogens with zero attached hydrogens (tertiary/aromatic N) is 2. The summed E-state index contributed by atoms with van der Waals surface area (Å²) in [4.78, 5) is 103. The average Bonchev–Trinajstić information content (AvgIpc) is 1.37. The van der Waals surface area contributed by atoms with E-state index in [1.165, 1.54) is 98.5 Å². The first-order chi connectivity index (χ1) is 61.8. The van der Waals surface area contributed by atoms with Gasteiger partial charge in [0.25, 0.3) is 54.2 Å². The fourth-order valence-electron chi connectivity index (χ4n) is 16.3. The summed E-state index contributed by atoms with van der Waals surface area (Å²) >= 11 is 18.6. The van der Waals surface area contributed by atoms with Crippen LogP contribution in [0.15, 0.2) is 157 Å². The fourth-order valence-corrected chi connectivity index (χ4v) is 17.1. The minimum absolute atomic E-state index is 0.0248. The number of rotatable bonds is 21. The van der Waals surface area contributed by atoms with Gasteiger partial charge < -0.3 is 70.7 Å². The van der Waals surface area contributed by atoms with Crippen LogP contribution < -0.4 is 31.9 Å². The zero-order chi connectivity index (χ0) is 96.9. The second-order valence-electron chi connectivity index (χ2n) is 33.8. The maximum Gasteiger partial charge on any atom is 0.478 e. The molecule has 8 aromatic rings. The molecular formula is C90H90B4Cl3F13N8O14. The lowest BCUT2D eigenvalue weighted by Crippen LogP contribution is -2.65. The van der Waals surface area contributed by atoms with Crippen molar-refractivity contribution >= 4 is 133 Å². The third-order valence-corrected chi connectivity index (χ3v) is 25.5. The molecule has 0 radical (unpaired) electrons. The van der Waals surface area contributed by atoms with Gasteiger partial charge in [-0.2, -0.15) is 26.3 Å². The van der Waals surface area contributed by atoms with Gasteiger partial charge in [-0.15, -0.1) is 0 Å². The lowest BCUT2D eigenvalue weighted by molar-refractivity contribution is -0.199. The normalized spacial score (nSPS) is 18.7. The van der Waals surface area contributed by atoms with Crippen LogP contribution in [-0.2, 0) is 55.2 Å². The Kier molecular flexibility index (Phi) is 31.9. The number of aryl methyl sites for hydroxylation is 4. The van der Waals surface area contributed by atoms with Crippen molar-refractivity contribution in [3.8, 4) is 0 Å². The number of hydrogen-bond donors (Lipinski definition) is 9. The SMILES string of the molecule is CB(O)C1=CCN(C(=O)C(Cl)(Cl)c2cc(C(=O)Nc3ccc(F)c(C)c3)ccc2F)CC1.CB(O)C1CCN(C(=O)C(F)(F)c2cc(C(=O)Nc3ccc(F)c(C)c3)ccc2Cl)CC1.Cc1cc(NC(=O)c2ccc(F)c(C(F)(F)C(=O)NCB3O[C@@H]4C[C@@H]5C[C@@H](C5(C)C)[C@]4(C)O3)c2)ccc1F.Cc1cc(NC(=O)c2ccc(F)c(C(F)(F)C(=O)N[C@H]3CCOB3O)c2)ccc1F. The molecule has 6 fully saturated rings. The summed E-state index contributed by atoms with van der Waals surface area (Å²) in [5.74, 6) is -26.9. The molecule has 3 aliphatic carbocycles. The third-order valence-electron chi connectivity index (χ3n) is 24.4. The molecule has 7 aliphatic rings. The molecule has 5 atom stereocenters. The Balaban J connectivity index is 0.000000170. The van der Waals surface area contributed by atoms with Crippen LogP contribution in [0.2, 0.25) is 24.5 Å². The maximum atomic E-state index is 15.1. The Morgan fingerprint density at radius 3 is 1.32 bits per heavy atom. The highest BCUT2D eigenvalue weighted by atomic mass is 35.5. The quantitative estimate of drug-likeness (QED) is 0.0184. The van der Waals surface area contributed by atoms with Crippen LogP contribution in [0.5, 0.6) is 0 Å². The zero-order valence-corrected chi connectivity index (χ0v) is 74.7. The van der Waals surface area contributed by atoms with Gasteiger partial charge in [-0.25, -0.2) is 30.7 Å². The second kappa shape index (κ2) is 41.4. The Hall–Kier alpha value is -10.8. The molecule has 15 rings (SSSR count). The van der Waals surface area contributed by atoms with Gasteiger partial charge in [0.05, 0.1) is 45.8 Å². The highest BCUT2D eigenvalue weighted by molar-refractivity contribution is 6.58. The van der Waals surface area contributed by atoms with E-state index in [2.05, 4.69) is 40.4 Å². The number of anilines is 4. The molecule has 0 aromatic heterocycles. The maximum absolute atomic E-state index is 15.1. The van der Waals surface area contributed by atoms with E-state index in [0.717, 1.165) is 71.7 Å². The van der Waals surface area contributed by atoms with E-state index in [0.29, 0.717) is 71.9 Å². The smallest absolute Gasteiger partial charge is 0.450 e. The summed E-state index contributed by atoms with van der Waals surface area (Å²) in [6, 6.07) is 26.8. The molecule has 0 unspecified atom stereocenters. The molecule has 0 spiro atoms. The first-order valence-electron chi connectivity index (χ1n) is 41.7. The lowest BCUT2D eigenvalue weighted by atomic mass is 9.43. The highest BCUT2D eigenvalue weighted by Gasteiger charge is 2.68. The average molecular weight is 1900 g/mol. The van der Waals surface area contributed by atoms with E-state index >= 15 is 17.6 Å². The van der Waals surface area contributed by atoms with Gasteiger partial charge in [0.1, 0.15) is 40.7 Å². The van der Waals surface area contributed by atoms with Crippen LogP contribution in [0.1, 0.15) is 145 Å². The van der Waals surface area contributed by atoms with Crippen molar-refractivity contribution in [3.63, 3.8) is 0 Å². The summed E-state index contributed by atoms with van der Waals surface area (Å²) in [6.07, 6.45) is 4.42. The number of carbonyl (C=O) groups is 8. The summed E-state index contributed by atoms with van der Waals surface area (Å²) in [5, 5.41) is 42.5. The largest absolute Gasteiger partial charge is 0.478 e. The van der Waals surface area contributed by atoms with E-state index in [9.17, 15) is 92.9 Å². The van der Waals surface area contributed by atoms with E-state index in [4.69, 9.17) is 48.8 Å². The summed E-state index contributed by atoms with van der Waals surface area (Å²) < 4.78 is 201. The molecule has 9 N–H and O–H groups in total. The number of halogens is 16. The molecule has 698 valence electrons. The van der Waals surface area contributed by atoms with Gasteiger partial charge in [0, 0.05) is 83.4 Å². The number of benzene rings is 8. The van der Waals surface area contributed by atoms with Crippen molar-refractivity contribution in [1.29, 1.82) is 0 Å². The first kappa shape index (κ1) is 102. The monoisotopic (exact) mass is 1900 g/mol. The Morgan fingerprint density at radius 1 is 0.515 bits per heavy atom. The Labute approximate surface area is 767 Å². The molecular weight excluding hydrogens is 1810 g/mol. The number of likely N-dealkylation sites (tertiary alicyclic amines) is 1. The van der Waals surface area contributed by atoms with E-state index in [1.54, 1.807) is 26.6 Å². The van der Waals surface area contributed by atoms with Crippen molar-refractivity contribution in [3.05, 3.63) is 270 Å². The number of hydrogen-bond acceptors (Lipinski definition) is 14. The van der Waals surface area contributed by atoms with Crippen molar-refractivity contribution in [2.24, 2.45) is 17.3 Å². The van der Waals surface area contributed by atoms with Gasteiger partial charge in [0.2, 0.25) is 4.33 Å². The van der Waals surface area contributed by atoms with Gasteiger partial charge in [-0.3, -0.25) is 38.4 Å². The highest BCUT2D eigenvalue weighted by Crippen LogP contribution is 2.66. The Morgan fingerprint density at radius 2 is 0.924 bits per heavy atom. The van der Waals surface area contributed by atoms with Crippen LogP contribution in [0, 0.1) is 85.7 Å². The van der Waals surface area contributed by atoms with Crippen molar-refractivity contribution in [2.45, 2.75) is 146 Å². The molecule has 22 nitrogen and oxygen atoms in total. The third kappa shape index (κ3) is 23.0. The summed E-state index contributed by atoms with van der Waals surface area (Å²) in [5.41, 5.74) is -1.73. The van der Waals surface area contributed by atoms with Crippen LogP contribution in [0.25, 0.3) is 0 Å². The minimum atomic E-state index is -4.31. The zero-order valence-electron chi connectivity index (χ0n) is 72.4. The minimum Gasteiger partial charge on any atom is -0.450 e. The molecule has 3 saturated heterocycles. The fraction of sp³-hybridized carbons (Fsp3) is 0.356. The molecule has 2 bridgehead atoms. The predicted octanol–water partition coefficient (Wildman–Crippen LogP) is 16.7. The van der Waals surface area contributed by atoms with Gasteiger partial charge in [0.15, 0.2) is 0 Å². The molecule has 132 heavy (non-hydrogen) atoms. The standard InChI is InChI=1S/C27H29BF4N2O4.C22H21BCl2F2N2O3.C22H23BClF3N2O3.C19H17BF4N2O4/c1-14-9-17(6-8-19(14)29)34-23(35)15-5-7-20(30)18(10-15)27(31,32)24(36)33-13-28-37-22-12-16-11-21(25(16,2)3)26(22,4)38-28;1-13-11-16(4-6-18(13)26)28-20(30)14-3-5-19(27)17(12-14)22(24,25)21(31)29-9-7-15(8-10-29)23(2)32;1-13-11-16(4-6-19(13)25)28-20(30)14-3-5-18(24)17(12-14)22(26,27)21(31)29-9-7-15(8-10-29)23(2)32;1-10-8-12(3-5-14(10)21)25-17(27)11-2-4-15(22)13(9-11)19(23,24)18(28)26-16-6-7-30-20(16)29/h5-10,16,21-22H,11-13H2,1-4H3,(H,33,36)(H,34,35);3-7,11-12,32H,8-10H2,1-2H3,(H,28,30);3-6,11-12,15,32H,7-10H2,1-2H3,(H,28,30);2-5,8-9,16,29H,6-7H2,1H3,(H,25,27)(H,26,28)/t16-,21-,22+,26-;;;16-/m0..0/s1. The van der Waals surface area contributed by atoms with E-state index < -0.39 is 166 Å². The number of amides is 8. The molecule has 8 amide bonds. The first-order valence-corrected chi connectivity index (χ1v) is 42.8. The van der Waals surface area contributed by atoms with E-state index in [-0.39, 0.29) is 124 Å². The topological polar surface area (TPSA) is 304 Å². The summed E-state index contributed by atoms with van der Waals surface area (Å²) in [7, 11) is -2.34. The molecule has 42 heteroatoms. The number of piperidine rings is 1. The summed E-state index contributed by atoms with van der Waals surface area (Å²) in [6.45, 7) is 15.2. The van der Waals surface area contributed by atoms with Crippen molar-refractivity contribution in [1.82, 2.24) is 20.4 Å². The molecule has 4 heterocycles. The Bertz CT molecular complexity index is 5790. The molecule has 3 saturated carbocycles. The molecule has 8 aromatic carbocycles. The van der Waals surface area contributed by atoms with Crippen molar-refractivity contribution < 1.29 is 124 Å². The second-order valence-corrected chi connectivity index (χ2v) is 35.5. The van der Waals surface area contributed by atoms with E-state index in [1.807, 2.05) is 12.2 Å². The lowest BCUT2D eigenvalue weighted by Gasteiger charge is -2.64. The predicted molar refractivity (Wildman–Crippen MR) is 472 cm³/mol. The van der Waals surface area contributed by atoms with Crippen LogP contribution in [-0.4, -0.2) is 157 Å². The number of nitrogens with one attached hydrogen (secondary N) is 6. The van der Waals surface area contributed by atoms with Crippen LogP contribution in [0.3, 0.4) is 0 Å². The van der Waals surface area contributed by atoms with Crippen LogP contribution >= 0.6 is 34.8 Å². The van der Waals surface area contributed by atoms with Gasteiger partial charge in [-0.05, 0) is 264 Å².